The summed E-state index contributed by atoms with van der Waals surface area (Å²) >= 11 is 0. The summed E-state index contributed by atoms with van der Waals surface area (Å²) in [7, 11) is 0. The van der Waals surface area contributed by atoms with Gasteiger partial charge in [0, 0.05) is 5.56 Å². The van der Waals surface area contributed by atoms with E-state index in [2.05, 4.69) is 0 Å². The van der Waals surface area contributed by atoms with E-state index in [1.54, 1.807) is 6.07 Å². The smallest absolute Gasteiger partial charge is 0.290 e. The lowest BCUT2D eigenvalue weighted by Gasteiger charge is -2.30. The van der Waals surface area contributed by atoms with Crippen LogP contribution in [0.1, 0.15) is 25.0 Å². The van der Waals surface area contributed by atoms with Crippen LogP contribution in [-0.4, -0.2) is 5.54 Å². The predicted molar refractivity (Wildman–Crippen MR) is 70.8 cm³/mol. The van der Waals surface area contributed by atoms with Crippen molar-refractivity contribution in [1.82, 2.24) is 0 Å². The van der Waals surface area contributed by atoms with E-state index in [0.29, 0.717) is 0 Å². The second kappa shape index (κ2) is 4.02. The molecule has 0 atom stereocenters. The summed E-state index contributed by atoms with van der Waals surface area (Å²) in [4.78, 5) is 0. The van der Waals surface area contributed by atoms with Crippen LogP contribution in [-0.2, 0) is 5.92 Å². The van der Waals surface area contributed by atoms with E-state index in [0.717, 1.165) is 16.3 Å². The summed E-state index contributed by atoms with van der Waals surface area (Å²) in [6, 6.07) is 10.4. The Balaban J connectivity index is 2.58. The maximum Gasteiger partial charge on any atom is 0.290 e. The van der Waals surface area contributed by atoms with Crippen LogP contribution in [0.3, 0.4) is 0 Å². The molecule has 3 heteroatoms. The van der Waals surface area contributed by atoms with Gasteiger partial charge in [-0.2, -0.15) is 8.78 Å². The van der Waals surface area contributed by atoms with Crippen molar-refractivity contribution in [3.05, 3.63) is 47.5 Å². The van der Waals surface area contributed by atoms with Crippen LogP contribution in [0.4, 0.5) is 8.78 Å². The van der Waals surface area contributed by atoms with Crippen molar-refractivity contribution in [2.75, 3.05) is 0 Å². The van der Waals surface area contributed by atoms with Crippen LogP contribution in [0.2, 0.25) is 0 Å². The fourth-order valence-electron chi connectivity index (χ4n) is 1.93. The number of alkyl halides is 2. The molecule has 0 bridgehead atoms. The average Bonchev–Trinajstić information content (AvgIpc) is 2.26. The SMILES string of the molecule is Cc1ccc2cc(C(F)(F)C(C)(C)N)ccc2c1. The highest BCUT2D eigenvalue weighted by Gasteiger charge is 2.45. The van der Waals surface area contributed by atoms with Crippen molar-refractivity contribution >= 4 is 10.8 Å². The molecule has 0 amide bonds. The molecule has 0 radical (unpaired) electrons. The molecule has 0 saturated heterocycles. The lowest BCUT2D eigenvalue weighted by molar-refractivity contribution is -0.0671. The zero-order valence-electron chi connectivity index (χ0n) is 10.8. The number of hydrogen-bond donors (Lipinski definition) is 1. The van der Waals surface area contributed by atoms with Gasteiger partial charge in [0.2, 0.25) is 0 Å². The molecule has 2 aromatic carbocycles. The fraction of sp³-hybridized carbons (Fsp3) is 0.333. The molecule has 96 valence electrons. The van der Waals surface area contributed by atoms with Gasteiger partial charge < -0.3 is 5.73 Å². The molecular weight excluding hydrogens is 232 g/mol. The van der Waals surface area contributed by atoms with Gasteiger partial charge in [-0.1, -0.05) is 35.9 Å². The minimum absolute atomic E-state index is 0.0358. The van der Waals surface area contributed by atoms with Crippen LogP contribution < -0.4 is 5.73 Å². The normalized spacial score (nSPS) is 13.0. The summed E-state index contributed by atoms with van der Waals surface area (Å²) in [6.45, 7) is 4.66. The highest BCUT2D eigenvalue weighted by Crippen LogP contribution is 2.38. The Hall–Kier alpha value is -1.48. The third kappa shape index (κ3) is 2.10. The molecule has 2 rings (SSSR count). The molecule has 0 aliphatic heterocycles. The van der Waals surface area contributed by atoms with Crippen LogP contribution in [0.5, 0.6) is 0 Å². The van der Waals surface area contributed by atoms with Gasteiger partial charge in [0.25, 0.3) is 5.92 Å². The van der Waals surface area contributed by atoms with Crippen molar-refractivity contribution in [2.24, 2.45) is 5.73 Å². The number of aryl methyl sites for hydroxylation is 1. The highest BCUT2D eigenvalue weighted by atomic mass is 19.3. The Kier molecular flexibility index (Phi) is 2.90. The van der Waals surface area contributed by atoms with E-state index in [9.17, 15) is 8.78 Å². The van der Waals surface area contributed by atoms with Crippen LogP contribution in [0.15, 0.2) is 36.4 Å². The van der Waals surface area contributed by atoms with E-state index in [1.165, 1.54) is 26.0 Å². The molecule has 0 aliphatic carbocycles. The Morgan fingerprint density at radius 2 is 1.50 bits per heavy atom. The highest BCUT2D eigenvalue weighted by molar-refractivity contribution is 5.84. The zero-order valence-corrected chi connectivity index (χ0v) is 10.8. The summed E-state index contributed by atoms with van der Waals surface area (Å²) in [6.07, 6.45) is 0. The number of hydrogen-bond acceptors (Lipinski definition) is 1. The summed E-state index contributed by atoms with van der Waals surface area (Å²) in [5.41, 5.74) is 5.06. The van der Waals surface area contributed by atoms with E-state index < -0.39 is 11.5 Å². The monoisotopic (exact) mass is 249 g/mol. The third-order valence-corrected chi connectivity index (χ3v) is 3.17. The first-order chi connectivity index (χ1) is 8.22. The van der Waals surface area contributed by atoms with Gasteiger partial charge in [-0.15, -0.1) is 0 Å². The second-order valence-electron chi connectivity index (χ2n) is 5.36. The van der Waals surface area contributed by atoms with Crippen LogP contribution >= 0.6 is 0 Å². The first kappa shape index (κ1) is 13.0. The lowest BCUT2D eigenvalue weighted by Crippen LogP contribution is -2.48. The van der Waals surface area contributed by atoms with Crippen molar-refractivity contribution in [2.45, 2.75) is 32.2 Å². The molecule has 0 saturated carbocycles. The van der Waals surface area contributed by atoms with Crippen molar-refractivity contribution < 1.29 is 8.78 Å². The fourth-order valence-corrected chi connectivity index (χ4v) is 1.93. The van der Waals surface area contributed by atoms with Crippen molar-refractivity contribution in [3.63, 3.8) is 0 Å². The quantitative estimate of drug-likeness (QED) is 0.856. The summed E-state index contributed by atoms with van der Waals surface area (Å²) in [5.74, 6) is -3.05. The minimum Gasteiger partial charge on any atom is -0.320 e. The summed E-state index contributed by atoms with van der Waals surface area (Å²) in [5, 5.41) is 1.77. The van der Waals surface area contributed by atoms with Gasteiger partial charge in [0.05, 0.1) is 5.54 Å². The van der Waals surface area contributed by atoms with Crippen molar-refractivity contribution in [3.8, 4) is 0 Å². The lowest BCUT2D eigenvalue weighted by atomic mass is 9.90. The Morgan fingerprint density at radius 3 is 2.11 bits per heavy atom. The number of rotatable bonds is 2. The first-order valence-electron chi connectivity index (χ1n) is 5.89. The van der Waals surface area contributed by atoms with Gasteiger partial charge in [0.1, 0.15) is 0 Å². The Labute approximate surface area is 106 Å². The predicted octanol–water partition coefficient (Wildman–Crippen LogP) is 3.98. The van der Waals surface area contributed by atoms with Gasteiger partial charge in [0.15, 0.2) is 0 Å². The largest absolute Gasteiger partial charge is 0.320 e. The van der Waals surface area contributed by atoms with E-state index in [-0.39, 0.29) is 5.56 Å². The molecule has 0 unspecified atom stereocenters. The molecule has 0 fully saturated rings. The number of nitrogens with two attached hydrogens (primary N) is 1. The Morgan fingerprint density at radius 1 is 0.944 bits per heavy atom. The number of halogens is 2. The second-order valence-corrected chi connectivity index (χ2v) is 5.36. The van der Waals surface area contributed by atoms with Crippen LogP contribution in [0.25, 0.3) is 10.8 Å². The standard InChI is InChI=1S/C15H17F2N/c1-10-4-5-12-9-13(7-6-11(12)8-10)15(16,17)14(2,3)18/h4-9H,18H2,1-3H3. The molecule has 1 nitrogen and oxygen atoms in total. The van der Waals surface area contributed by atoms with E-state index in [4.69, 9.17) is 5.73 Å². The van der Waals surface area contributed by atoms with Crippen molar-refractivity contribution in [1.29, 1.82) is 0 Å². The van der Waals surface area contributed by atoms with Gasteiger partial charge in [-0.25, -0.2) is 0 Å². The van der Waals surface area contributed by atoms with Gasteiger partial charge in [-0.05, 0) is 37.6 Å². The van der Waals surface area contributed by atoms with Crippen LogP contribution in [0, 0.1) is 6.92 Å². The topological polar surface area (TPSA) is 26.0 Å². The molecule has 2 N–H and O–H groups in total. The molecule has 0 aliphatic rings. The molecule has 0 heterocycles. The van der Waals surface area contributed by atoms with E-state index >= 15 is 0 Å². The molecule has 18 heavy (non-hydrogen) atoms. The minimum atomic E-state index is -3.05. The average molecular weight is 249 g/mol. The summed E-state index contributed by atoms with van der Waals surface area (Å²) < 4.78 is 28.3. The third-order valence-electron chi connectivity index (χ3n) is 3.17. The maximum atomic E-state index is 14.1. The molecule has 0 spiro atoms. The molecule has 2 aromatic rings. The number of benzene rings is 2. The molecular formula is C15H17F2N. The van der Waals surface area contributed by atoms with Gasteiger partial charge in [-0.3, -0.25) is 0 Å². The Bertz CT molecular complexity index is 583. The number of fused-ring (bicyclic) bond motifs is 1. The first-order valence-corrected chi connectivity index (χ1v) is 5.89. The molecule has 0 aromatic heterocycles. The zero-order chi connectivity index (χ0) is 13.6. The van der Waals surface area contributed by atoms with E-state index in [1.807, 2.05) is 25.1 Å². The van der Waals surface area contributed by atoms with Gasteiger partial charge >= 0.3 is 0 Å². The maximum absolute atomic E-state index is 14.1.